The predicted octanol–water partition coefficient (Wildman–Crippen LogP) is 1.95. The third-order valence-corrected chi connectivity index (χ3v) is 4.03. The second kappa shape index (κ2) is 3.32. The van der Waals surface area contributed by atoms with Gasteiger partial charge in [0.15, 0.2) is 0 Å². The maximum Gasteiger partial charge on any atom is 0.220 e. The molecule has 0 radical (unpaired) electrons. The van der Waals surface area contributed by atoms with Crippen LogP contribution in [0.15, 0.2) is 0 Å². The van der Waals surface area contributed by atoms with Gasteiger partial charge < -0.3 is 5.32 Å². The summed E-state index contributed by atoms with van der Waals surface area (Å²) in [6.45, 7) is 4.59. The molecular weight excluding hydrogens is 162 g/mol. The Hall–Kier alpha value is -0.530. The molecule has 0 aromatic heterocycles. The van der Waals surface area contributed by atoms with Gasteiger partial charge in [-0.05, 0) is 30.6 Å². The van der Waals surface area contributed by atoms with Crippen LogP contribution in [0, 0.1) is 17.8 Å². The fourth-order valence-electron chi connectivity index (χ4n) is 2.85. The summed E-state index contributed by atoms with van der Waals surface area (Å²) in [4.78, 5) is 11.3. The van der Waals surface area contributed by atoms with Crippen LogP contribution in [0.25, 0.3) is 0 Å². The molecule has 4 atom stereocenters. The Kier molecular flexibility index (Phi) is 2.31. The van der Waals surface area contributed by atoms with Crippen molar-refractivity contribution in [1.29, 1.82) is 0 Å². The summed E-state index contributed by atoms with van der Waals surface area (Å²) in [5.74, 6) is 2.48. The van der Waals surface area contributed by atoms with Crippen molar-refractivity contribution in [3.05, 3.63) is 0 Å². The van der Waals surface area contributed by atoms with Gasteiger partial charge in [-0.15, -0.1) is 0 Å². The molecule has 13 heavy (non-hydrogen) atoms. The van der Waals surface area contributed by atoms with E-state index in [0.717, 1.165) is 24.7 Å². The lowest BCUT2D eigenvalue weighted by molar-refractivity contribution is -0.126. The molecule has 1 amide bonds. The molecule has 1 aliphatic heterocycles. The Morgan fingerprint density at radius 1 is 1.23 bits per heavy atom. The first kappa shape index (κ1) is 9.04. The van der Waals surface area contributed by atoms with Crippen LogP contribution >= 0.6 is 0 Å². The van der Waals surface area contributed by atoms with Gasteiger partial charge in [0.05, 0.1) is 0 Å². The first-order chi connectivity index (χ1) is 6.18. The highest BCUT2D eigenvalue weighted by molar-refractivity contribution is 5.77. The number of piperidine rings is 1. The molecule has 1 saturated carbocycles. The van der Waals surface area contributed by atoms with Crippen molar-refractivity contribution >= 4 is 5.91 Å². The first-order valence-electron chi connectivity index (χ1n) is 5.48. The Labute approximate surface area is 80.1 Å². The van der Waals surface area contributed by atoms with Gasteiger partial charge in [0, 0.05) is 12.5 Å². The van der Waals surface area contributed by atoms with Crippen molar-refractivity contribution in [1.82, 2.24) is 5.32 Å². The zero-order chi connectivity index (χ0) is 9.42. The molecule has 2 heteroatoms. The van der Waals surface area contributed by atoms with Crippen molar-refractivity contribution in [3.8, 4) is 0 Å². The normalized spacial score (nSPS) is 45.2. The van der Waals surface area contributed by atoms with Crippen LogP contribution in [0.1, 0.15) is 39.5 Å². The van der Waals surface area contributed by atoms with Crippen LogP contribution in [0.2, 0.25) is 0 Å². The van der Waals surface area contributed by atoms with Gasteiger partial charge in [-0.25, -0.2) is 0 Å². The predicted molar refractivity (Wildman–Crippen MR) is 52.2 cm³/mol. The molecule has 0 aromatic carbocycles. The molecule has 0 aromatic rings. The summed E-state index contributed by atoms with van der Waals surface area (Å²) in [5.41, 5.74) is 0. The number of hydrogen-bond donors (Lipinski definition) is 1. The fraction of sp³-hybridized carbons (Fsp3) is 0.909. The van der Waals surface area contributed by atoms with Gasteiger partial charge in [-0.3, -0.25) is 4.79 Å². The molecule has 1 heterocycles. The number of hydrogen-bond acceptors (Lipinski definition) is 1. The number of carbonyl (C=O) groups excluding carboxylic acids is 1. The highest BCUT2D eigenvalue weighted by Gasteiger charge is 2.37. The monoisotopic (exact) mass is 181 g/mol. The Morgan fingerprint density at radius 3 is 2.77 bits per heavy atom. The molecule has 2 nitrogen and oxygen atoms in total. The van der Waals surface area contributed by atoms with Gasteiger partial charge in [-0.1, -0.05) is 20.3 Å². The zero-order valence-electron chi connectivity index (χ0n) is 8.55. The number of amides is 1. The number of fused-ring (bicyclic) bond motifs is 1. The summed E-state index contributed by atoms with van der Waals surface area (Å²) in [6, 6.07) is 0.477. The minimum atomic E-state index is 0.266. The average molecular weight is 181 g/mol. The lowest BCUT2D eigenvalue weighted by atomic mass is 9.69. The van der Waals surface area contributed by atoms with E-state index in [1.165, 1.54) is 12.8 Å². The molecular formula is C11H19NO. The van der Waals surface area contributed by atoms with Crippen molar-refractivity contribution < 1.29 is 4.79 Å². The van der Waals surface area contributed by atoms with E-state index in [4.69, 9.17) is 0 Å². The van der Waals surface area contributed by atoms with Crippen molar-refractivity contribution in [3.63, 3.8) is 0 Å². The molecule has 1 N–H and O–H groups in total. The second-order valence-electron chi connectivity index (χ2n) is 4.81. The van der Waals surface area contributed by atoms with Crippen LogP contribution in [-0.2, 0) is 4.79 Å². The van der Waals surface area contributed by atoms with E-state index in [9.17, 15) is 4.79 Å². The number of carbonyl (C=O) groups is 1. The van der Waals surface area contributed by atoms with E-state index in [1.54, 1.807) is 0 Å². The van der Waals surface area contributed by atoms with E-state index in [1.807, 2.05) is 0 Å². The summed E-state index contributed by atoms with van der Waals surface area (Å²) in [7, 11) is 0. The van der Waals surface area contributed by atoms with E-state index in [2.05, 4.69) is 19.2 Å². The molecule has 2 aliphatic rings. The van der Waals surface area contributed by atoms with Crippen LogP contribution in [0.4, 0.5) is 0 Å². The van der Waals surface area contributed by atoms with E-state index in [-0.39, 0.29) is 5.91 Å². The molecule has 1 aliphatic carbocycles. The highest BCUT2D eigenvalue weighted by atomic mass is 16.1. The third-order valence-electron chi connectivity index (χ3n) is 4.03. The smallest absolute Gasteiger partial charge is 0.220 e. The number of nitrogens with one attached hydrogen (secondary N) is 1. The van der Waals surface area contributed by atoms with Crippen molar-refractivity contribution in [2.75, 3.05) is 0 Å². The quantitative estimate of drug-likeness (QED) is 0.608. The molecule has 1 saturated heterocycles. The van der Waals surface area contributed by atoms with Crippen molar-refractivity contribution in [2.24, 2.45) is 17.8 Å². The highest BCUT2D eigenvalue weighted by Crippen LogP contribution is 2.37. The number of rotatable bonds is 0. The second-order valence-corrected chi connectivity index (χ2v) is 4.81. The standard InChI is InChI=1S/C11H19NO/c1-7-3-4-9-5-6-10(13)12-11(9)8(7)2/h7-9,11H,3-6H2,1-2H3,(H,12,13)/t7-,8-,9?,11?/m0/s1. The third kappa shape index (κ3) is 1.59. The minimum absolute atomic E-state index is 0.266. The molecule has 2 fully saturated rings. The first-order valence-corrected chi connectivity index (χ1v) is 5.48. The largest absolute Gasteiger partial charge is 0.353 e. The molecule has 74 valence electrons. The molecule has 0 bridgehead atoms. The van der Waals surface area contributed by atoms with Crippen LogP contribution in [-0.4, -0.2) is 11.9 Å². The van der Waals surface area contributed by atoms with Gasteiger partial charge in [0.2, 0.25) is 5.91 Å². The van der Waals surface area contributed by atoms with Crippen LogP contribution in [0.5, 0.6) is 0 Å². The fourth-order valence-corrected chi connectivity index (χ4v) is 2.85. The Morgan fingerprint density at radius 2 is 2.00 bits per heavy atom. The maximum atomic E-state index is 11.3. The minimum Gasteiger partial charge on any atom is -0.353 e. The molecule has 2 rings (SSSR count). The lowest BCUT2D eigenvalue weighted by Crippen LogP contribution is -2.52. The summed E-state index contributed by atoms with van der Waals surface area (Å²) < 4.78 is 0. The Bertz CT molecular complexity index is 212. The van der Waals surface area contributed by atoms with E-state index in [0.29, 0.717) is 12.0 Å². The molecule has 0 spiro atoms. The SMILES string of the molecule is C[C@@H]1C2NC(=O)CCC2CC[C@@H]1C. The summed E-state index contributed by atoms with van der Waals surface area (Å²) >= 11 is 0. The summed E-state index contributed by atoms with van der Waals surface area (Å²) in [5, 5.41) is 3.16. The Balaban J connectivity index is 2.08. The summed E-state index contributed by atoms with van der Waals surface area (Å²) in [6.07, 6.45) is 4.53. The zero-order valence-corrected chi connectivity index (χ0v) is 8.55. The van der Waals surface area contributed by atoms with Crippen LogP contribution < -0.4 is 5.32 Å². The average Bonchev–Trinajstić information content (AvgIpc) is 2.12. The van der Waals surface area contributed by atoms with Crippen molar-refractivity contribution in [2.45, 2.75) is 45.6 Å². The molecule has 2 unspecified atom stereocenters. The van der Waals surface area contributed by atoms with Gasteiger partial charge in [0.1, 0.15) is 0 Å². The topological polar surface area (TPSA) is 29.1 Å². The maximum absolute atomic E-state index is 11.3. The van der Waals surface area contributed by atoms with Gasteiger partial charge >= 0.3 is 0 Å². The van der Waals surface area contributed by atoms with Crippen LogP contribution in [0.3, 0.4) is 0 Å². The van der Waals surface area contributed by atoms with Gasteiger partial charge in [0.25, 0.3) is 0 Å². The van der Waals surface area contributed by atoms with E-state index < -0.39 is 0 Å². The van der Waals surface area contributed by atoms with E-state index >= 15 is 0 Å². The lowest BCUT2D eigenvalue weighted by Gasteiger charge is -2.43. The van der Waals surface area contributed by atoms with Gasteiger partial charge in [-0.2, -0.15) is 0 Å².